The van der Waals surface area contributed by atoms with E-state index in [-0.39, 0.29) is 5.91 Å². The molecule has 0 aliphatic heterocycles. The van der Waals surface area contributed by atoms with Crippen molar-refractivity contribution in [2.24, 2.45) is 0 Å². The average Bonchev–Trinajstić information content (AvgIpc) is 2.60. The number of amides is 1. The van der Waals surface area contributed by atoms with E-state index in [0.717, 1.165) is 24.0 Å². The topological polar surface area (TPSA) is 60.5 Å². The van der Waals surface area contributed by atoms with Crippen LogP contribution in [0.2, 0.25) is 0 Å². The Morgan fingerprint density at radius 1 is 1.13 bits per heavy atom. The van der Waals surface area contributed by atoms with E-state index in [1.54, 1.807) is 20.4 Å². The fourth-order valence-electron chi connectivity index (χ4n) is 2.28. The molecule has 5 nitrogen and oxygen atoms in total. The molecule has 0 saturated carbocycles. The molecule has 1 amide bonds. The van der Waals surface area contributed by atoms with Gasteiger partial charge in [0.1, 0.15) is 0 Å². The van der Waals surface area contributed by atoms with Gasteiger partial charge in [0.2, 0.25) is 5.91 Å². The Hall–Kier alpha value is -2.56. The third kappa shape index (κ3) is 5.29. The van der Waals surface area contributed by atoms with Gasteiger partial charge in [0.15, 0.2) is 11.5 Å². The summed E-state index contributed by atoms with van der Waals surface area (Å²) in [6.07, 6.45) is 5.75. The van der Waals surface area contributed by atoms with Crippen molar-refractivity contribution in [3.05, 3.63) is 53.9 Å². The highest BCUT2D eigenvalue weighted by Gasteiger charge is 2.06. The lowest BCUT2D eigenvalue weighted by atomic mass is 10.1. The monoisotopic (exact) mass is 314 g/mol. The third-order valence-corrected chi connectivity index (χ3v) is 3.53. The Kier molecular flexibility index (Phi) is 6.41. The maximum absolute atomic E-state index is 11.9. The number of benzene rings is 1. The van der Waals surface area contributed by atoms with Crippen LogP contribution in [0.5, 0.6) is 11.5 Å². The van der Waals surface area contributed by atoms with E-state index in [4.69, 9.17) is 9.47 Å². The average molecular weight is 314 g/mol. The number of nitrogens with zero attached hydrogens (tertiary/aromatic N) is 1. The molecule has 1 N–H and O–H groups in total. The van der Waals surface area contributed by atoms with Crippen LogP contribution in [0.3, 0.4) is 0 Å². The summed E-state index contributed by atoms with van der Waals surface area (Å²) in [7, 11) is 3.19. The maximum Gasteiger partial charge on any atom is 0.220 e. The predicted octanol–water partition coefficient (Wildman–Crippen LogP) is 2.74. The summed E-state index contributed by atoms with van der Waals surface area (Å²) >= 11 is 0. The molecule has 0 bridgehead atoms. The number of rotatable bonds is 8. The van der Waals surface area contributed by atoms with Gasteiger partial charge in [-0.2, -0.15) is 0 Å². The number of carbonyl (C=O) groups is 1. The molecule has 0 unspecified atom stereocenters. The Morgan fingerprint density at radius 3 is 2.65 bits per heavy atom. The summed E-state index contributed by atoms with van der Waals surface area (Å²) in [5.41, 5.74) is 2.13. The first kappa shape index (κ1) is 16.8. The number of ether oxygens (including phenoxy) is 2. The molecule has 1 aromatic carbocycles. The van der Waals surface area contributed by atoms with Crippen LogP contribution >= 0.6 is 0 Å². The highest BCUT2D eigenvalue weighted by molar-refractivity contribution is 5.75. The van der Waals surface area contributed by atoms with Gasteiger partial charge in [-0.15, -0.1) is 0 Å². The summed E-state index contributed by atoms with van der Waals surface area (Å²) in [6, 6.07) is 9.55. The molecule has 122 valence electrons. The lowest BCUT2D eigenvalue weighted by molar-refractivity contribution is -0.121. The van der Waals surface area contributed by atoms with Crippen molar-refractivity contribution in [2.45, 2.75) is 25.8 Å². The summed E-state index contributed by atoms with van der Waals surface area (Å²) in [4.78, 5) is 16.0. The summed E-state index contributed by atoms with van der Waals surface area (Å²) < 4.78 is 10.4. The fourth-order valence-corrected chi connectivity index (χ4v) is 2.28. The van der Waals surface area contributed by atoms with Gasteiger partial charge in [-0.25, -0.2) is 0 Å². The van der Waals surface area contributed by atoms with E-state index in [9.17, 15) is 4.79 Å². The highest BCUT2D eigenvalue weighted by atomic mass is 16.5. The second-order valence-electron chi connectivity index (χ2n) is 5.18. The van der Waals surface area contributed by atoms with Crippen molar-refractivity contribution in [3.63, 3.8) is 0 Å². The van der Waals surface area contributed by atoms with Gasteiger partial charge in [0, 0.05) is 25.4 Å². The molecule has 1 aromatic heterocycles. The van der Waals surface area contributed by atoms with Gasteiger partial charge >= 0.3 is 0 Å². The van der Waals surface area contributed by atoms with Crippen molar-refractivity contribution in [1.29, 1.82) is 0 Å². The molecular formula is C18H22N2O3. The maximum atomic E-state index is 11.9. The minimum absolute atomic E-state index is 0.0451. The Labute approximate surface area is 136 Å². The number of aromatic nitrogens is 1. The summed E-state index contributed by atoms with van der Waals surface area (Å²) in [6.45, 7) is 0.478. The number of methoxy groups -OCH3 is 2. The van der Waals surface area contributed by atoms with E-state index in [1.807, 2.05) is 36.5 Å². The second-order valence-corrected chi connectivity index (χ2v) is 5.18. The molecule has 2 rings (SSSR count). The van der Waals surface area contributed by atoms with Crippen LogP contribution in [0.1, 0.15) is 24.0 Å². The standard InChI is InChI=1S/C18H22N2O3/c1-22-16-9-8-15(11-17(16)23-2)13-20-18(21)7-3-5-14-6-4-10-19-12-14/h4,6,8-12H,3,5,7,13H2,1-2H3,(H,20,21). The predicted molar refractivity (Wildman–Crippen MR) is 88.6 cm³/mol. The zero-order valence-corrected chi connectivity index (χ0v) is 13.5. The minimum atomic E-state index is 0.0451. The molecule has 0 spiro atoms. The first-order valence-corrected chi connectivity index (χ1v) is 7.59. The number of aryl methyl sites for hydroxylation is 1. The number of hydrogen-bond donors (Lipinski definition) is 1. The molecule has 23 heavy (non-hydrogen) atoms. The lowest BCUT2D eigenvalue weighted by Gasteiger charge is -2.10. The number of nitrogens with one attached hydrogen (secondary N) is 1. The van der Waals surface area contributed by atoms with E-state index in [2.05, 4.69) is 10.3 Å². The van der Waals surface area contributed by atoms with Gasteiger partial charge in [0.05, 0.1) is 14.2 Å². The van der Waals surface area contributed by atoms with Crippen molar-refractivity contribution >= 4 is 5.91 Å². The molecule has 0 aliphatic carbocycles. The van der Waals surface area contributed by atoms with Gasteiger partial charge in [-0.1, -0.05) is 12.1 Å². The van der Waals surface area contributed by atoms with Crippen molar-refractivity contribution in [3.8, 4) is 11.5 Å². The molecule has 0 atom stereocenters. The lowest BCUT2D eigenvalue weighted by Crippen LogP contribution is -2.22. The van der Waals surface area contributed by atoms with Crippen LogP contribution in [0.4, 0.5) is 0 Å². The minimum Gasteiger partial charge on any atom is -0.493 e. The van der Waals surface area contributed by atoms with Crippen LogP contribution in [0.15, 0.2) is 42.7 Å². The SMILES string of the molecule is COc1ccc(CNC(=O)CCCc2cccnc2)cc1OC. The normalized spacial score (nSPS) is 10.2. The van der Waals surface area contributed by atoms with E-state index in [1.165, 1.54) is 0 Å². The molecule has 2 aromatic rings. The Balaban J connectivity index is 1.76. The van der Waals surface area contributed by atoms with Crippen molar-refractivity contribution in [2.75, 3.05) is 14.2 Å². The molecular weight excluding hydrogens is 292 g/mol. The molecule has 0 aliphatic rings. The fraction of sp³-hybridized carbons (Fsp3) is 0.333. The number of carbonyl (C=O) groups excluding carboxylic acids is 1. The van der Waals surface area contributed by atoms with Gasteiger partial charge in [-0.3, -0.25) is 9.78 Å². The van der Waals surface area contributed by atoms with E-state index >= 15 is 0 Å². The van der Waals surface area contributed by atoms with E-state index < -0.39 is 0 Å². The van der Waals surface area contributed by atoms with Crippen LogP contribution < -0.4 is 14.8 Å². The van der Waals surface area contributed by atoms with Gasteiger partial charge in [0.25, 0.3) is 0 Å². The molecule has 0 radical (unpaired) electrons. The van der Waals surface area contributed by atoms with Gasteiger partial charge < -0.3 is 14.8 Å². The quantitative estimate of drug-likeness (QED) is 0.814. The molecule has 0 saturated heterocycles. The molecule has 0 fully saturated rings. The zero-order chi connectivity index (χ0) is 16.5. The highest BCUT2D eigenvalue weighted by Crippen LogP contribution is 2.27. The Morgan fingerprint density at radius 2 is 1.96 bits per heavy atom. The van der Waals surface area contributed by atoms with Crippen molar-refractivity contribution in [1.82, 2.24) is 10.3 Å². The molecule has 5 heteroatoms. The van der Waals surface area contributed by atoms with E-state index in [0.29, 0.717) is 24.5 Å². The first-order chi connectivity index (χ1) is 11.2. The van der Waals surface area contributed by atoms with Crippen LogP contribution in [-0.4, -0.2) is 25.1 Å². The summed E-state index contributed by atoms with van der Waals surface area (Å²) in [5, 5.41) is 2.92. The first-order valence-electron chi connectivity index (χ1n) is 7.59. The second kappa shape index (κ2) is 8.78. The number of hydrogen-bond acceptors (Lipinski definition) is 4. The van der Waals surface area contributed by atoms with Gasteiger partial charge in [-0.05, 0) is 42.2 Å². The van der Waals surface area contributed by atoms with Crippen LogP contribution in [0, 0.1) is 0 Å². The van der Waals surface area contributed by atoms with Crippen LogP contribution in [0.25, 0.3) is 0 Å². The Bertz CT molecular complexity index is 629. The zero-order valence-electron chi connectivity index (χ0n) is 13.5. The van der Waals surface area contributed by atoms with Crippen LogP contribution in [-0.2, 0) is 17.8 Å². The summed E-state index contributed by atoms with van der Waals surface area (Å²) in [5.74, 6) is 1.39. The number of pyridine rings is 1. The smallest absolute Gasteiger partial charge is 0.220 e. The third-order valence-electron chi connectivity index (χ3n) is 3.53. The molecule has 1 heterocycles. The largest absolute Gasteiger partial charge is 0.493 e. The van der Waals surface area contributed by atoms with Crippen molar-refractivity contribution < 1.29 is 14.3 Å².